The fourth-order valence-corrected chi connectivity index (χ4v) is 2.44. The van der Waals surface area contributed by atoms with Gasteiger partial charge in [0.2, 0.25) is 0 Å². The molecule has 1 unspecified atom stereocenters. The molecule has 1 aliphatic heterocycles. The molecule has 1 aliphatic rings. The van der Waals surface area contributed by atoms with Gasteiger partial charge in [0.25, 0.3) is 0 Å². The predicted molar refractivity (Wildman–Crippen MR) is 70.5 cm³/mol. The van der Waals surface area contributed by atoms with Gasteiger partial charge < -0.3 is 10.2 Å². The average molecular weight is 250 g/mol. The minimum Gasteiger partial charge on any atom is -0.372 e. The number of nitriles is 1. The van der Waals surface area contributed by atoms with Crippen molar-refractivity contribution >= 4 is 17.3 Å². The van der Waals surface area contributed by atoms with Gasteiger partial charge in [-0.15, -0.1) is 0 Å². The molecule has 0 aromatic heterocycles. The first kappa shape index (κ1) is 12.2. The Labute approximate surface area is 107 Å². The van der Waals surface area contributed by atoms with Gasteiger partial charge in [0.15, 0.2) is 0 Å². The van der Waals surface area contributed by atoms with E-state index in [0.717, 1.165) is 18.8 Å². The molecule has 1 fully saturated rings. The fourth-order valence-electron chi connectivity index (χ4n) is 2.27. The zero-order valence-electron chi connectivity index (χ0n) is 9.91. The molecule has 0 amide bonds. The number of likely N-dealkylation sites (N-methyl/N-ethyl adjacent to an activating group) is 1. The van der Waals surface area contributed by atoms with Gasteiger partial charge in [0.1, 0.15) is 6.07 Å². The minimum absolute atomic E-state index is 0.530. The second-order valence-electron chi connectivity index (χ2n) is 4.45. The Kier molecular flexibility index (Phi) is 3.88. The topological polar surface area (TPSA) is 39.1 Å². The highest BCUT2D eigenvalue weighted by Gasteiger charge is 2.17. The number of rotatable bonds is 3. The number of benzene rings is 1. The lowest BCUT2D eigenvalue weighted by atomic mass is 10.1. The third kappa shape index (κ3) is 2.91. The number of halogens is 1. The van der Waals surface area contributed by atoms with Gasteiger partial charge in [-0.3, -0.25) is 0 Å². The molecule has 3 nitrogen and oxygen atoms in total. The lowest BCUT2D eigenvalue weighted by Crippen LogP contribution is -2.35. The van der Waals surface area contributed by atoms with Crippen molar-refractivity contribution < 1.29 is 0 Å². The van der Waals surface area contributed by atoms with Gasteiger partial charge in [0.05, 0.1) is 11.3 Å². The molecular formula is C13H16ClN3. The van der Waals surface area contributed by atoms with Crippen molar-refractivity contribution in [3.05, 3.63) is 28.8 Å². The Hall–Kier alpha value is -1.24. The van der Waals surface area contributed by atoms with E-state index in [-0.39, 0.29) is 0 Å². The SMILES string of the molecule is CN(CC1CCCN1)c1ccc(Cl)cc1C#N. The number of hydrogen-bond acceptors (Lipinski definition) is 3. The van der Waals surface area contributed by atoms with Crippen LogP contribution in [0.4, 0.5) is 5.69 Å². The van der Waals surface area contributed by atoms with Crippen molar-refractivity contribution in [2.45, 2.75) is 18.9 Å². The molecule has 0 radical (unpaired) electrons. The molecule has 17 heavy (non-hydrogen) atoms. The van der Waals surface area contributed by atoms with Gasteiger partial charge in [-0.25, -0.2) is 0 Å². The van der Waals surface area contributed by atoms with Crippen molar-refractivity contribution in [1.82, 2.24) is 5.32 Å². The van der Waals surface area contributed by atoms with E-state index >= 15 is 0 Å². The summed E-state index contributed by atoms with van der Waals surface area (Å²) in [6.07, 6.45) is 2.45. The Morgan fingerprint density at radius 2 is 2.41 bits per heavy atom. The van der Waals surface area contributed by atoms with Crippen LogP contribution < -0.4 is 10.2 Å². The quantitative estimate of drug-likeness (QED) is 0.894. The summed E-state index contributed by atoms with van der Waals surface area (Å²) in [6, 6.07) is 8.19. The monoisotopic (exact) mass is 249 g/mol. The first-order valence-electron chi connectivity index (χ1n) is 5.85. The number of nitrogens with zero attached hydrogens (tertiary/aromatic N) is 2. The molecule has 90 valence electrons. The molecule has 1 aromatic rings. The number of anilines is 1. The summed E-state index contributed by atoms with van der Waals surface area (Å²) < 4.78 is 0. The van der Waals surface area contributed by atoms with Crippen LogP contribution in [-0.4, -0.2) is 26.2 Å². The Bertz CT molecular complexity index is 433. The van der Waals surface area contributed by atoms with E-state index in [9.17, 15) is 0 Å². The van der Waals surface area contributed by atoms with Crippen LogP contribution in [0.25, 0.3) is 0 Å². The Morgan fingerprint density at radius 3 is 3.06 bits per heavy atom. The Morgan fingerprint density at radius 1 is 1.59 bits per heavy atom. The fraction of sp³-hybridized carbons (Fsp3) is 0.462. The van der Waals surface area contributed by atoms with Crippen LogP contribution in [0.15, 0.2) is 18.2 Å². The van der Waals surface area contributed by atoms with E-state index in [1.165, 1.54) is 12.8 Å². The second kappa shape index (κ2) is 5.39. The first-order valence-corrected chi connectivity index (χ1v) is 6.22. The standard InChI is InChI=1S/C13H16ClN3/c1-17(9-12-3-2-6-16-12)13-5-4-11(14)7-10(13)8-15/h4-5,7,12,16H,2-3,6,9H2,1H3. The number of hydrogen-bond donors (Lipinski definition) is 1. The van der Waals surface area contributed by atoms with Crippen LogP contribution in [0.3, 0.4) is 0 Å². The van der Waals surface area contributed by atoms with Crippen molar-refractivity contribution in [3.8, 4) is 6.07 Å². The molecule has 1 aromatic carbocycles. The van der Waals surface area contributed by atoms with Gasteiger partial charge in [-0.1, -0.05) is 11.6 Å². The van der Waals surface area contributed by atoms with E-state index in [4.69, 9.17) is 16.9 Å². The maximum Gasteiger partial charge on any atom is 0.101 e. The van der Waals surface area contributed by atoms with Crippen LogP contribution in [-0.2, 0) is 0 Å². The van der Waals surface area contributed by atoms with Crippen LogP contribution in [0.1, 0.15) is 18.4 Å². The largest absolute Gasteiger partial charge is 0.372 e. The van der Waals surface area contributed by atoms with Gasteiger partial charge in [0, 0.05) is 24.7 Å². The molecular weight excluding hydrogens is 234 g/mol. The molecule has 4 heteroatoms. The van der Waals surface area contributed by atoms with E-state index in [1.807, 2.05) is 19.2 Å². The summed E-state index contributed by atoms with van der Waals surface area (Å²) >= 11 is 5.89. The molecule has 0 aliphatic carbocycles. The van der Waals surface area contributed by atoms with Crippen molar-refractivity contribution in [2.75, 3.05) is 25.0 Å². The summed E-state index contributed by atoms with van der Waals surface area (Å²) in [5.74, 6) is 0. The molecule has 2 rings (SSSR count). The molecule has 1 N–H and O–H groups in total. The maximum atomic E-state index is 9.10. The normalized spacial score (nSPS) is 19.0. The highest BCUT2D eigenvalue weighted by atomic mass is 35.5. The van der Waals surface area contributed by atoms with Crippen LogP contribution in [0.2, 0.25) is 5.02 Å². The first-order chi connectivity index (χ1) is 8.20. The average Bonchev–Trinajstić information content (AvgIpc) is 2.81. The zero-order chi connectivity index (χ0) is 12.3. The minimum atomic E-state index is 0.530. The summed E-state index contributed by atoms with van der Waals surface area (Å²) in [5.41, 5.74) is 1.59. The summed E-state index contributed by atoms with van der Waals surface area (Å²) in [6.45, 7) is 2.03. The predicted octanol–water partition coefficient (Wildman–Crippen LogP) is 2.40. The molecule has 1 atom stereocenters. The third-order valence-electron chi connectivity index (χ3n) is 3.15. The van der Waals surface area contributed by atoms with Gasteiger partial charge in [-0.05, 0) is 37.6 Å². The van der Waals surface area contributed by atoms with Crippen LogP contribution in [0.5, 0.6) is 0 Å². The highest BCUT2D eigenvalue weighted by Crippen LogP contribution is 2.23. The van der Waals surface area contributed by atoms with E-state index in [2.05, 4.69) is 16.3 Å². The van der Waals surface area contributed by atoms with Crippen LogP contribution >= 0.6 is 11.6 Å². The highest BCUT2D eigenvalue weighted by molar-refractivity contribution is 6.30. The van der Waals surface area contributed by atoms with Crippen molar-refractivity contribution in [3.63, 3.8) is 0 Å². The third-order valence-corrected chi connectivity index (χ3v) is 3.38. The van der Waals surface area contributed by atoms with Gasteiger partial charge >= 0.3 is 0 Å². The molecule has 0 spiro atoms. The number of nitrogens with one attached hydrogen (secondary N) is 1. The summed E-state index contributed by atoms with van der Waals surface area (Å²) in [5, 5.41) is 13.2. The van der Waals surface area contributed by atoms with Crippen molar-refractivity contribution in [2.24, 2.45) is 0 Å². The van der Waals surface area contributed by atoms with Crippen molar-refractivity contribution in [1.29, 1.82) is 5.26 Å². The summed E-state index contributed by atoms with van der Waals surface area (Å²) in [7, 11) is 2.02. The molecule has 1 saturated heterocycles. The van der Waals surface area contributed by atoms with E-state index < -0.39 is 0 Å². The van der Waals surface area contributed by atoms with Gasteiger partial charge in [-0.2, -0.15) is 5.26 Å². The van der Waals surface area contributed by atoms with E-state index in [0.29, 0.717) is 16.6 Å². The lowest BCUT2D eigenvalue weighted by Gasteiger charge is -2.24. The Balaban J connectivity index is 2.12. The second-order valence-corrected chi connectivity index (χ2v) is 4.88. The maximum absolute atomic E-state index is 9.10. The molecule has 0 bridgehead atoms. The lowest BCUT2D eigenvalue weighted by molar-refractivity contribution is 0.599. The zero-order valence-corrected chi connectivity index (χ0v) is 10.7. The summed E-state index contributed by atoms with van der Waals surface area (Å²) in [4.78, 5) is 2.12. The van der Waals surface area contributed by atoms with Crippen LogP contribution in [0, 0.1) is 11.3 Å². The van der Waals surface area contributed by atoms with E-state index in [1.54, 1.807) is 6.07 Å². The smallest absolute Gasteiger partial charge is 0.101 e. The molecule has 0 saturated carbocycles. The molecule has 1 heterocycles.